The van der Waals surface area contributed by atoms with Crippen LogP contribution in [0.2, 0.25) is 0 Å². The fourth-order valence-electron chi connectivity index (χ4n) is 2.58. The molecule has 0 aliphatic carbocycles. The molecule has 0 spiro atoms. The van der Waals surface area contributed by atoms with Gasteiger partial charge in [-0.3, -0.25) is 14.5 Å². The van der Waals surface area contributed by atoms with Crippen molar-refractivity contribution in [2.45, 2.75) is 13.8 Å². The number of aryl methyl sites for hydroxylation is 1. The number of ether oxygens (including phenoxy) is 1. The molecule has 0 radical (unpaired) electrons. The third-order valence-electron chi connectivity index (χ3n) is 4.26. The maximum absolute atomic E-state index is 12.5. The number of carbonyl (C=O) groups is 2. The Morgan fingerprint density at radius 2 is 1.89 bits per heavy atom. The van der Waals surface area contributed by atoms with E-state index in [2.05, 4.69) is 10.6 Å². The molecule has 148 valence electrons. The summed E-state index contributed by atoms with van der Waals surface area (Å²) in [6.07, 6.45) is 0. The molecule has 1 aromatic carbocycles. The maximum atomic E-state index is 12.5. The summed E-state index contributed by atoms with van der Waals surface area (Å²) in [4.78, 5) is 26.6. The molecular formula is C20H24N4O3S. The van der Waals surface area contributed by atoms with Crippen molar-refractivity contribution < 1.29 is 14.3 Å². The first kappa shape index (κ1) is 21.6. The van der Waals surface area contributed by atoms with Crippen LogP contribution < -0.4 is 10.6 Å². The molecule has 1 heterocycles. The molecule has 0 fully saturated rings. The van der Waals surface area contributed by atoms with Crippen molar-refractivity contribution in [2.75, 3.05) is 44.0 Å². The summed E-state index contributed by atoms with van der Waals surface area (Å²) >= 11 is 1.29. The summed E-state index contributed by atoms with van der Waals surface area (Å²) in [7, 11) is 1.57. The molecule has 2 amide bonds. The van der Waals surface area contributed by atoms with Crippen LogP contribution >= 0.6 is 11.3 Å². The number of carbonyl (C=O) groups excluding carboxylic acids is 2. The summed E-state index contributed by atoms with van der Waals surface area (Å²) in [5.41, 5.74) is 3.30. The van der Waals surface area contributed by atoms with E-state index in [9.17, 15) is 9.59 Å². The number of hydrogen-bond acceptors (Lipinski definition) is 6. The van der Waals surface area contributed by atoms with Crippen molar-refractivity contribution in [2.24, 2.45) is 0 Å². The largest absolute Gasteiger partial charge is 0.383 e. The van der Waals surface area contributed by atoms with Crippen LogP contribution in [0.3, 0.4) is 0 Å². The fourth-order valence-corrected chi connectivity index (χ4v) is 3.33. The van der Waals surface area contributed by atoms with E-state index in [1.54, 1.807) is 23.5 Å². The number of nitrogens with one attached hydrogen (secondary N) is 2. The Balaban J connectivity index is 1.98. The average molecular weight is 401 g/mol. The molecule has 0 saturated heterocycles. The zero-order valence-electron chi connectivity index (χ0n) is 16.2. The molecule has 7 nitrogen and oxygen atoms in total. The lowest BCUT2D eigenvalue weighted by Gasteiger charge is -2.21. The van der Waals surface area contributed by atoms with Crippen molar-refractivity contribution in [3.05, 3.63) is 46.3 Å². The SMILES string of the molecule is COCCN(CC(=O)Nc1cccc(C)c1C)CC(=O)Nc1sccc1C#N. The molecule has 8 heteroatoms. The molecule has 0 unspecified atom stereocenters. The number of benzene rings is 1. The van der Waals surface area contributed by atoms with Gasteiger partial charge in [-0.25, -0.2) is 0 Å². The predicted molar refractivity (Wildman–Crippen MR) is 111 cm³/mol. The van der Waals surface area contributed by atoms with Crippen LogP contribution in [-0.2, 0) is 14.3 Å². The van der Waals surface area contributed by atoms with Crippen molar-refractivity contribution in [1.29, 1.82) is 5.26 Å². The summed E-state index contributed by atoms with van der Waals surface area (Å²) in [5.74, 6) is -0.485. The monoisotopic (exact) mass is 400 g/mol. The third kappa shape index (κ3) is 6.16. The van der Waals surface area contributed by atoms with Gasteiger partial charge in [-0.1, -0.05) is 12.1 Å². The van der Waals surface area contributed by atoms with E-state index in [0.717, 1.165) is 16.8 Å². The molecule has 2 rings (SSSR count). The number of methoxy groups -OCH3 is 1. The summed E-state index contributed by atoms with van der Waals surface area (Å²) in [6.45, 7) is 4.84. The molecule has 0 atom stereocenters. The van der Waals surface area contributed by atoms with E-state index >= 15 is 0 Å². The van der Waals surface area contributed by atoms with E-state index < -0.39 is 0 Å². The lowest BCUT2D eigenvalue weighted by Crippen LogP contribution is -2.40. The quantitative estimate of drug-likeness (QED) is 0.675. The van der Waals surface area contributed by atoms with Gasteiger partial charge in [-0.15, -0.1) is 11.3 Å². The first-order chi connectivity index (χ1) is 13.4. The molecule has 2 aromatic rings. The Morgan fingerprint density at radius 1 is 1.18 bits per heavy atom. The smallest absolute Gasteiger partial charge is 0.239 e. The highest BCUT2D eigenvalue weighted by Crippen LogP contribution is 2.22. The normalized spacial score (nSPS) is 10.5. The Morgan fingerprint density at radius 3 is 2.57 bits per heavy atom. The molecule has 0 aliphatic rings. The number of nitrogens with zero attached hydrogens (tertiary/aromatic N) is 2. The van der Waals surface area contributed by atoms with Gasteiger partial charge >= 0.3 is 0 Å². The molecule has 0 saturated carbocycles. The van der Waals surface area contributed by atoms with Gasteiger partial charge in [0.2, 0.25) is 11.8 Å². The Kier molecular flexibility index (Phi) is 8.14. The van der Waals surface area contributed by atoms with Crippen LogP contribution in [0.5, 0.6) is 0 Å². The maximum Gasteiger partial charge on any atom is 0.239 e. The van der Waals surface area contributed by atoms with Crippen LogP contribution in [0.15, 0.2) is 29.6 Å². The van der Waals surface area contributed by atoms with Crippen LogP contribution in [-0.4, -0.2) is 50.1 Å². The zero-order chi connectivity index (χ0) is 20.5. The van der Waals surface area contributed by atoms with Gasteiger partial charge in [0.15, 0.2) is 0 Å². The molecule has 0 bridgehead atoms. The average Bonchev–Trinajstić information content (AvgIpc) is 3.10. The minimum atomic E-state index is -0.283. The van der Waals surface area contributed by atoms with Gasteiger partial charge in [-0.05, 0) is 42.5 Å². The number of rotatable bonds is 9. The number of hydrogen-bond donors (Lipinski definition) is 2. The van der Waals surface area contributed by atoms with Crippen molar-refractivity contribution >= 4 is 33.8 Å². The standard InChI is InChI=1S/C20H24N4O3S/c1-14-5-4-6-17(15(14)2)22-18(25)12-24(8-9-27-3)13-19(26)23-20-16(11-21)7-10-28-20/h4-7,10H,8-9,12-13H2,1-3H3,(H,22,25)(H,23,26). The first-order valence-electron chi connectivity index (χ1n) is 8.79. The highest BCUT2D eigenvalue weighted by molar-refractivity contribution is 7.14. The second-order valence-electron chi connectivity index (χ2n) is 6.32. The summed E-state index contributed by atoms with van der Waals surface area (Å²) in [6, 6.07) is 9.42. The van der Waals surface area contributed by atoms with E-state index in [1.165, 1.54) is 11.3 Å². The first-order valence-corrected chi connectivity index (χ1v) is 9.67. The van der Waals surface area contributed by atoms with Crippen LogP contribution in [0.4, 0.5) is 10.7 Å². The second-order valence-corrected chi connectivity index (χ2v) is 7.24. The molecular weight excluding hydrogens is 376 g/mol. The Hall–Kier alpha value is -2.73. The van der Waals surface area contributed by atoms with Gasteiger partial charge in [-0.2, -0.15) is 5.26 Å². The van der Waals surface area contributed by atoms with E-state index in [1.807, 2.05) is 38.1 Å². The summed E-state index contributed by atoms with van der Waals surface area (Å²) < 4.78 is 5.08. The Labute approximate surface area is 168 Å². The minimum Gasteiger partial charge on any atom is -0.383 e. The van der Waals surface area contributed by atoms with Gasteiger partial charge in [0, 0.05) is 19.3 Å². The number of thiophene rings is 1. The minimum absolute atomic E-state index is 0.0202. The van der Waals surface area contributed by atoms with E-state index in [4.69, 9.17) is 10.00 Å². The van der Waals surface area contributed by atoms with E-state index in [-0.39, 0.29) is 24.9 Å². The van der Waals surface area contributed by atoms with Crippen LogP contribution in [0.25, 0.3) is 0 Å². The molecule has 0 aliphatic heterocycles. The second kappa shape index (κ2) is 10.6. The van der Waals surface area contributed by atoms with Crippen LogP contribution in [0.1, 0.15) is 16.7 Å². The lowest BCUT2D eigenvalue weighted by molar-refractivity contribution is -0.120. The van der Waals surface area contributed by atoms with Crippen LogP contribution in [0, 0.1) is 25.2 Å². The topological polar surface area (TPSA) is 94.5 Å². The Bertz CT molecular complexity index is 873. The predicted octanol–water partition coefficient (Wildman–Crippen LogP) is 2.76. The van der Waals surface area contributed by atoms with Gasteiger partial charge in [0.1, 0.15) is 11.1 Å². The third-order valence-corrected chi connectivity index (χ3v) is 5.09. The fraction of sp³-hybridized carbons (Fsp3) is 0.350. The highest BCUT2D eigenvalue weighted by atomic mass is 32.1. The van der Waals surface area contributed by atoms with Gasteiger partial charge in [0.05, 0.1) is 25.3 Å². The zero-order valence-corrected chi connectivity index (χ0v) is 17.1. The van der Waals surface area contributed by atoms with Crippen molar-refractivity contribution in [3.8, 4) is 6.07 Å². The van der Waals surface area contributed by atoms with Crippen molar-refractivity contribution in [1.82, 2.24) is 4.90 Å². The molecule has 28 heavy (non-hydrogen) atoms. The highest BCUT2D eigenvalue weighted by Gasteiger charge is 2.17. The number of amides is 2. The summed E-state index contributed by atoms with van der Waals surface area (Å²) in [5, 5.41) is 16.9. The van der Waals surface area contributed by atoms with Crippen molar-refractivity contribution in [3.63, 3.8) is 0 Å². The van der Waals surface area contributed by atoms with Gasteiger partial charge in [0.25, 0.3) is 0 Å². The number of anilines is 2. The lowest BCUT2D eigenvalue weighted by atomic mass is 10.1. The van der Waals surface area contributed by atoms with E-state index in [0.29, 0.717) is 23.7 Å². The molecule has 2 N–H and O–H groups in total. The van der Waals surface area contributed by atoms with Gasteiger partial charge < -0.3 is 15.4 Å². The molecule has 1 aromatic heterocycles. The number of nitriles is 1.